The van der Waals surface area contributed by atoms with Crippen LogP contribution in [0.25, 0.3) is 0 Å². The number of phenols is 2. The monoisotopic (exact) mass is 394 g/mol. The maximum absolute atomic E-state index is 12.4. The van der Waals surface area contributed by atoms with Gasteiger partial charge in [0.15, 0.2) is 0 Å². The fourth-order valence-corrected chi connectivity index (χ4v) is 2.41. The summed E-state index contributed by atoms with van der Waals surface area (Å²) >= 11 is 0. The number of rotatable bonds is 5. The van der Waals surface area contributed by atoms with E-state index < -0.39 is 17.9 Å². The maximum atomic E-state index is 12.4. The Kier molecular flexibility index (Phi) is 5.45. The van der Waals surface area contributed by atoms with Crippen LogP contribution in [0.1, 0.15) is 31.1 Å². The van der Waals surface area contributed by atoms with Crippen LogP contribution in [0.2, 0.25) is 0 Å². The van der Waals surface area contributed by atoms with Crippen LogP contribution in [-0.4, -0.2) is 33.2 Å². The summed E-state index contributed by atoms with van der Waals surface area (Å²) in [6.45, 7) is 0. The minimum atomic E-state index is -1.36. The van der Waals surface area contributed by atoms with Crippen LogP contribution in [0.3, 0.4) is 0 Å². The molecule has 0 unspecified atom stereocenters. The molecule has 0 amide bonds. The number of carboxylic acids is 1. The van der Waals surface area contributed by atoms with Gasteiger partial charge in [-0.05, 0) is 42.5 Å². The lowest BCUT2D eigenvalue weighted by Gasteiger charge is -2.09. The zero-order valence-electron chi connectivity index (χ0n) is 14.7. The topological polar surface area (TPSA) is 130 Å². The van der Waals surface area contributed by atoms with Crippen LogP contribution >= 0.6 is 0 Å². The standard InChI is InChI=1S/C21H14O8/c22-15-3-1-5-17(10-15)28-20(26)13-7-12(19(24)25)8-14(9-13)21(27)29-18-6-2-4-16(23)11-18/h1-11,22-23H,(H,24,25). The minimum absolute atomic E-state index is 0.0413. The largest absolute Gasteiger partial charge is 0.508 e. The molecule has 0 saturated carbocycles. The van der Waals surface area contributed by atoms with Crippen molar-refractivity contribution < 1.29 is 39.2 Å². The zero-order valence-corrected chi connectivity index (χ0v) is 14.7. The molecule has 0 spiro atoms. The lowest BCUT2D eigenvalue weighted by atomic mass is 10.1. The second kappa shape index (κ2) is 8.13. The smallest absolute Gasteiger partial charge is 0.343 e. The van der Waals surface area contributed by atoms with Crippen molar-refractivity contribution in [3.05, 3.63) is 83.4 Å². The summed E-state index contributed by atoms with van der Waals surface area (Å²) in [6.07, 6.45) is 0. The second-order valence-electron chi connectivity index (χ2n) is 5.88. The molecule has 29 heavy (non-hydrogen) atoms. The van der Waals surface area contributed by atoms with E-state index in [1.54, 1.807) is 0 Å². The first kappa shape index (κ1) is 19.4. The van der Waals surface area contributed by atoms with Crippen LogP contribution in [0, 0.1) is 0 Å². The van der Waals surface area contributed by atoms with E-state index in [0.717, 1.165) is 18.2 Å². The number of carbonyl (C=O) groups excluding carboxylic acids is 2. The fraction of sp³-hybridized carbons (Fsp3) is 0. The summed E-state index contributed by atoms with van der Waals surface area (Å²) in [6, 6.07) is 14.2. The highest BCUT2D eigenvalue weighted by atomic mass is 16.5. The molecule has 0 saturated heterocycles. The van der Waals surface area contributed by atoms with Crippen molar-refractivity contribution in [3.63, 3.8) is 0 Å². The number of hydrogen-bond donors (Lipinski definition) is 3. The number of aromatic carboxylic acids is 1. The third-order valence-electron chi connectivity index (χ3n) is 3.71. The van der Waals surface area contributed by atoms with Gasteiger partial charge >= 0.3 is 17.9 Å². The first-order valence-electron chi connectivity index (χ1n) is 8.22. The Hall–Kier alpha value is -4.33. The number of carboxylic acid groups (broad SMARTS) is 1. The first-order chi connectivity index (χ1) is 13.8. The van der Waals surface area contributed by atoms with Gasteiger partial charge in [0.2, 0.25) is 0 Å². The van der Waals surface area contributed by atoms with E-state index in [0.29, 0.717) is 0 Å². The Morgan fingerprint density at radius 1 is 0.621 bits per heavy atom. The molecule has 3 aromatic rings. The summed E-state index contributed by atoms with van der Waals surface area (Å²) in [7, 11) is 0. The van der Waals surface area contributed by atoms with Crippen molar-refractivity contribution in [1.29, 1.82) is 0 Å². The van der Waals surface area contributed by atoms with Gasteiger partial charge in [-0.1, -0.05) is 12.1 Å². The van der Waals surface area contributed by atoms with Crippen molar-refractivity contribution in [2.24, 2.45) is 0 Å². The van der Waals surface area contributed by atoms with Gasteiger partial charge in [-0.25, -0.2) is 14.4 Å². The maximum Gasteiger partial charge on any atom is 0.343 e. The van der Waals surface area contributed by atoms with E-state index >= 15 is 0 Å². The third-order valence-corrected chi connectivity index (χ3v) is 3.71. The Morgan fingerprint density at radius 2 is 1.03 bits per heavy atom. The van der Waals surface area contributed by atoms with Crippen LogP contribution in [-0.2, 0) is 0 Å². The number of aromatic hydroxyl groups is 2. The van der Waals surface area contributed by atoms with Gasteiger partial charge in [0.25, 0.3) is 0 Å². The second-order valence-corrected chi connectivity index (χ2v) is 5.88. The minimum Gasteiger partial charge on any atom is -0.508 e. The molecule has 0 fully saturated rings. The summed E-state index contributed by atoms with van der Waals surface area (Å²) in [5.74, 6) is -3.37. The van der Waals surface area contributed by atoms with E-state index in [1.807, 2.05) is 0 Å². The molecule has 0 aliphatic carbocycles. The summed E-state index contributed by atoms with van der Waals surface area (Å²) < 4.78 is 10.2. The van der Waals surface area contributed by atoms with Crippen molar-refractivity contribution in [2.75, 3.05) is 0 Å². The molecule has 0 bridgehead atoms. The van der Waals surface area contributed by atoms with Crippen molar-refractivity contribution >= 4 is 17.9 Å². The quantitative estimate of drug-likeness (QED) is 0.444. The predicted octanol–water partition coefficient (Wildman–Crippen LogP) is 3.23. The highest BCUT2D eigenvalue weighted by Gasteiger charge is 2.19. The van der Waals surface area contributed by atoms with Crippen LogP contribution < -0.4 is 9.47 Å². The third kappa shape index (κ3) is 4.89. The molecule has 0 radical (unpaired) electrons. The number of carbonyl (C=O) groups is 3. The Morgan fingerprint density at radius 3 is 1.41 bits per heavy atom. The number of ether oxygens (including phenoxy) is 2. The van der Waals surface area contributed by atoms with Crippen molar-refractivity contribution in [1.82, 2.24) is 0 Å². The molecule has 0 heterocycles. The SMILES string of the molecule is O=C(O)c1cc(C(=O)Oc2cccc(O)c2)cc(C(=O)Oc2cccc(O)c2)c1. The van der Waals surface area contributed by atoms with E-state index in [-0.39, 0.29) is 39.7 Å². The Bertz CT molecular complexity index is 1030. The van der Waals surface area contributed by atoms with Gasteiger partial charge < -0.3 is 24.8 Å². The van der Waals surface area contributed by atoms with E-state index in [4.69, 9.17) is 9.47 Å². The molecule has 0 aliphatic rings. The zero-order chi connectivity index (χ0) is 21.0. The lowest BCUT2D eigenvalue weighted by Crippen LogP contribution is -2.14. The normalized spacial score (nSPS) is 10.2. The van der Waals surface area contributed by atoms with Gasteiger partial charge in [-0.3, -0.25) is 0 Å². The molecule has 146 valence electrons. The average Bonchev–Trinajstić information content (AvgIpc) is 2.67. The van der Waals surface area contributed by atoms with Gasteiger partial charge in [0.05, 0.1) is 16.7 Å². The van der Waals surface area contributed by atoms with Crippen LogP contribution in [0.5, 0.6) is 23.0 Å². The molecule has 8 nitrogen and oxygen atoms in total. The average molecular weight is 394 g/mol. The van der Waals surface area contributed by atoms with E-state index in [1.165, 1.54) is 48.5 Å². The summed E-state index contributed by atoms with van der Waals surface area (Å²) in [4.78, 5) is 36.2. The molecule has 3 N–H and O–H groups in total. The number of hydrogen-bond acceptors (Lipinski definition) is 7. The van der Waals surface area contributed by atoms with Crippen molar-refractivity contribution in [3.8, 4) is 23.0 Å². The Balaban J connectivity index is 1.90. The number of esters is 2. The van der Waals surface area contributed by atoms with Gasteiger partial charge in [0.1, 0.15) is 23.0 Å². The molecular formula is C21H14O8. The summed E-state index contributed by atoms with van der Waals surface area (Å²) in [5, 5.41) is 28.2. The highest BCUT2D eigenvalue weighted by molar-refractivity contribution is 6.01. The van der Waals surface area contributed by atoms with Crippen molar-refractivity contribution in [2.45, 2.75) is 0 Å². The molecule has 8 heteroatoms. The van der Waals surface area contributed by atoms with Crippen LogP contribution in [0.4, 0.5) is 0 Å². The van der Waals surface area contributed by atoms with Gasteiger partial charge in [-0.15, -0.1) is 0 Å². The first-order valence-corrected chi connectivity index (χ1v) is 8.22. The van der Waals surface area contributed by atoms with Gasteiger partial charge in [0, 0.05) is 12.1 Å². The molecule has 0 atom stereocenters. The molecule has 3 aromatic carbocycles. The predicted molar refractivity (Wildman–Crippen MR) is 99.5 cm³/mol. The Labute approximate surface area is 164 Å². The lowest BCUT2D eigenvalue weighted by molar-refractivity contribution is 0.0697. The van der Waals surface area contributed by atoms with Gasteiger partial charge in [-0.2, -0.15) is 0 Å². The summed E-state index contributed by atoms with van der Waals surface area (Å²) in [5.41, 5.74) is -0.717. The van der Waals surface area contributed by atoms with Crippen LogP contribution in [0.15, 0.2) is 66.7 Å². The molecule has 0 aliphatic heterocycles. The number of phenolic OH excluding ortho intramolecular Hbond substituents is 2. The highest BCUT2D eigenvalue weighted by Crippen LogP contribution is 2.22. The number of benzene rings is 3. The molecular weight excluding hydrogens is 380 g/mol. The molecule has 0 aromatic heterocycles. The fourth-order valence-electron chi connectivity index (χ4n) is 2.41. The molecule has 3 rings (SSSR count). The van der Waals surface area contributed by atoms with E-state index in [2.05, 4.69) is 0 Å². The van der Waals surface area contributed by atoms with E-state index in [9.17, 15) is 29.7 Å².